The number of hydrogen-bond donors (Lipinski definition) is 1. The van der Waals surface area contributed by atoms with E-state index in [-0.39, 0.29) is 11.8 Å². The van der Waals surface area contributed by atoms with Crippen LogP contribution in [0.5, 0.6) is 0 Å². The third-order valence-corrected chi connectivity index (χ3v) is 5.84. The second kappa shape index (κ2) is 9.06. The van der Waals surface area contributed by atoms with Crippen LogP contribution in [0, 0.1) is 5.92 Å². The smallest absolute Gasteiger partial charge is 0.223 e. The van der Waals surface area contributed by atoms with Crippen LogP contribution in [-0.2, 0) is 16.0 Å². The fraction of sp³-hybridized carbons (Fsp3) is 0.619. The van der Waals surface area contributed by atoms with Crippen molar-refractivity contribution in [2.75, 3.05) is 31.9 Å². The highest BCUT2D eigenvalue weighted by Crippen LogP contribution is 2.27. The zero-order chi connectivity index (χ0) is 18.4. The van der Waals surface area contributed by atoms with Crippen molar-refractivity contribution in [1.29, 1.82) is 0 Å². The highest BCUT2D eigenvalue weighted by atomic mass is 16.2. The molecule has 1 saturated heterocycles. The number of aryl methyl sites for hydroxylation is 1. The van der Waals surface area contributed by atoms with Crippen LogP contribution in [0.2, 0.25) is 0 Å². The van der Waals surface area contributed by atoms with Crippen molar-refractivity contribution in [1.82, 2.24) is 9.80 Å². The van der Waals surface area contributed by atoms with Gasteiger partial charge in [0.15, 0.2) is 0 Å². The Balaban J connectivity index is 1.40. The van der Waals surface area contributed by atoms with Gasteiger partial charge in [0.25, 0.3) is 0 Å². The van der Waals surface area contributed by atoms with Crippen molar-refractivity contribution in [3.05, 3.63) is 29.8 Å². The minimum absolute atomic E-state index is 0.160. The lowest BCUT2D eigenvalue weighted by atomic mass is 9.86. The topological polar surface area (TPSA) is 66.6 Å². The predicted molar refractivity (Wildman–Crippen MR) is 104 cm³/mol. The summed E-state index contributed by atoms with van der Waals surface area (Å²) in [7, 11) is 0. The molecule has 0 radical (unpaired) electrons. The van der Waals surface area contributed by atoms with Gasteiger partial charge < -0.3 is 15.5 Å². The molecule has 0 aromatic heterocycles. The van der Waals surface area contributed by atoms with E-state index in [1.54, 1.807) is 0 Å². The molecule has 1 aromatic carbocycles. The number of piperazine rings is 1. The van der Waals surface area contributed by atoms with Crippen LogP contribution in [0.25, 0.3) is 0 Å². The average Bonchev–Trinajstić information content (AvgIpc) is 2.68. The van der Waals surface area contributed by atoms with Crippen molar-refractivity contribution in [2.45, 2.75) is 51.4 Å². The fourth-order valence-corrected chi connectivity index (χ4v) is 4.13. The van der Waals surface area contributed by atoms with E-state index in [0.717, 1.165) is 11.3 Å². The van der Waals surface area contributed by atoms with E-state index < -0.39 is 0 Å². The predicted octanol–water partition coefficient (Wildman–Crippen LogP) is 2.84. The highest BCUT2D eigenvalue weighted by molar-refractivity contribution is 5.79. The number of hydrogen-bond acceptors (Lipinski definition) is 3. The van der Waals surface area contributed by atoms with Crippen molar-refractivity contribution < 1.29 is 9.59 Å². The zero-order valence-corrected chi connectivity index (χ0v) is 15.7. The summed E-state index contributed by atoms with van der Waals surface area (Å²) in [5, 5.41) is 0. The van der Waals surface area contributed by atoms with Gasteiger partial charge in [0.2, 0.25) is 11.8 Å². The number of nitrogen functional groups attached to an aromatic ring is 1. The summed E-state index contributed by atoms with van der Waals surface area (Å²) in [6.45, 7) is 2.65. The SMILES string of the molecule is Nc1ccccc1CCC(=O)N1CCN(C(=O)CC2CCCCC2)CC1. The molecule has 5 heteroatoms. The minimum Gasteiger partial charge on any atom is -0.399 e. The molecule has 26 heavy (non-hydrogen) atoms. The van der Waals surface area contributed by atoms with Gasteiger partial charge in [0.05, 0.1) is 0 Å². The first-order valence-corrected chi connectivity index (χ1v) is 10.0. The standard InChI is InChI=1S/C21H31N3O2/c22-19-9-5-4-8-18(19)10-11-20(25)23-12-14-24(15-13-23)21(26)16-17-6-2-1-3-7-17/h4-5,8-9,17H,1-3,6-7,10-16,22H2. The van der Waals surface area contributed by atoms with Gasteiger partial charge in [-0.1, -0.05) is 37.5 Å². The van der Waals surface area contributed by atoms with Crippen LogP contribution in [0.1, 0.15) is 50.5 Å². The molecule has 142 valence electrons. The van der Waals surface area contributed by atoms with E-state index in [9.17, 15) is 9.59 Å². The van der Waals surface area contributed by atoms with Crippen LogP contribution >= 0.6 is 0 Å². The number of carbonyl (C=O) groups is 2. The lowest BCUT2D eigenvalue weighted by Crippen LogP contribution is -2.50. The molecular weight excluding hydrogens is 326 g/mol. The van der Waals surface area contributed by atoms with Crippen LogP contribution < -0.4 is 5.73 Å². The largest absolute Gasteiger partial charge is 0.399 e. The first kappa shape index (κ1) is 18.7. The number of para-hydroxylation sites is 1. The third-order valence-electron chi connectivity index (χ3n) is 5.84. The number of rotatable bonds is 5. The van der Waals surface area contributed by atoms with Crippen molar-refractivity contribution in [3.63, 3.8) is 0 Å². The molecule has 0 atom stereocenters. The Bertz CT molecular complexity index is 617. The number of amides is 2. The van der Waals surface area contributed by atoms with Gasteiger partial charge in [-0.3, -0.25) is 9.59 Å². The second-order valence-electron chi connectivity index (χ2n) is 7.67. The average molecular weight is 357 g/mol. The lowest BCUT2D eigenvalue weighted by molar-refractivity contribution is -0.140. The van der Waals surface area contributed by atoms with E-state index in [4.69, 9.17) is 5.73 Å². The van der Waals surface area contributed by atoms with Gasteiger partial charge in [0, 0.05) is 44.7 Å². The third kappa shape index (κ3) is 4.99. The van der Waals surface area contributed by atoms with Crippen LogP contribution in [0.4, 0.5) is 5.69 Å². The Hall–Kier alpha value is -2.04. The molecule has 2 fully saturated rings. The Morgan fingerprint density at radius 2 is 1.54 bits per heavy atom. The summed E-state index contributed by atoms with van der Waals surface area (Å²) >= 11 is 0. The Morgan fingerprint density at radius 3 is 2.19 bits per heavy atom. The summed E-state index contributed by atoms with van der Waals surface area (Å²) in [4.78, 5) is 28.8. The Morgan fingerprint density at radius 1 is 0.923 bits per heavy atom. The molecule has 2 aliphatic rings. The van der Waals surface area contributed by atoms with E-state index in [2.05, 4.69) is 0 Å². The van der Waals surface area contributed by atoms with E-state index in [0.29, 0.717) is 51.4 Å². The number of nitrogens with zero attached hydrogens (tertiary/aromatic N) is 2. The lowest BCUT2D eigenvalue weighted by Gasteiger charge is -2.36. The molecule has 1 aliphatic heterocycles. The Kier molecular flexibility index (Phi) is 6.53. The normalized spacial score (nSPS) is 18.8. The van der Waals surface area contributed by atoms with E-state index in [1.807, 2.05) is 34.1 Å². The van der Waals surface area contributed by atoms with Crippen molar-refractivity contribution in [2.24, 2.45) is 5.92 Å². The van der Waals surface area contributed by atoms with Gasteiger partial charge in [-0.15, -0.1) is 0 Å². The monoisotopic (exact) mass is 357 g/mol. The fourth-order valence-electron chi connectivity index (χ4n) is 4.13. The quantitative estimate of drug-likeness (QED) is 0.824. The van der Waals surface area contributed by atoms with Gasteiger partial charge >= 0.3 is 0 Å². The maximum Gasteiger partial charge on any atom is 0.223 e. The molecule has 2 N–H and O–H groups in total. The summed E-state index contributed by atoms with van der Waals surface area (Å²) in [5.41, 5.74) is 7.72. The highest BCUT2D eigenvalue weighted by Gasteiger charge is 2.26. The maximum absolute atomic E-state index is 12.5. The first-order chi connectivity index (χ1) is 12.6. The number of benzene rings is 1. The molecule has 5 nitrogen and oxygen atoms in total. The second-order valence-corrected chi connectivity index (χ2v) is 7.67. The summed E-state index contributed by atoms with van der Waals surface area (Å²) in [5.74, 6) is 1.01. The first-order valence-electron chi connectivity index (χ1n) is 10.0. The van der Waals surface area contributed by atoms with E-state index in [1.165, 1.54) is 32.1 Å². The van der Waals surface area contributed by atoms with Crippen molar-refractivity contribution in [3.8, 4) is 0 Å². The van der Waals surface area contributed by atoms with E-state index >= 15 is 0 Å². The molecule has 3 rings (SSSR count). The van der Waals surface area contributed by atoms with Crippen LogP contribution in [0.15, 0.2) is 24.3 Å². The molecule has 1 aliphatic carbocycles. The van der Waals surface area contributed by atoms with Crippen molar-refractivity contribution >= 4 is 17.5 Å². The molecule has 0 bridgehead atoms. The molecule has 0 unspecified atom stereocenters. The number of anilines is 1. The van der Waals surface area contributed by atoms with Crippen LogP contribution in [0.3, 0.4) is 0 Å². The molecule has 1 aromatic rings. The molecule has 1 saturated carbocycles. The molecule has 2 amide bonds. The van der Waals surface area contributed by atoms with Gasteiger partial charge in [0.1, 0.15) is 0 Å². The maximum atomic E-state index is 12.5. The Labute approximate surface area is 156 Å². The van der Waals surface area contributed by atoms with Gasteiger partial charge in [-0.2, -0.15) is 0 Å². The molecule has 0 spiro atoms. The van der Waals surface area contributed by atoms with Gasteiger partial charge in [-0.05, 0) is 36.8 Å². The van der Waals surface area contributed by atoms with Crippen LogP contribution in [-0.4, -0.2) is 47.8 Å². The molecule has 1 heterocycles. The summed E-state index contributed by atoms with van der Waals surface area (Å²) < 4.78 is 0. The van der Waals surface area contributed by atoms with Gasteiger partial charge in [-0.25, -0.2) is 0 Å². The number of nitrogens with two attached hydrogens (primary N) is 1. The minimum atomic E-state index is 0.160. The summed E-state index contributed by atoms with van der Waals surface area (Å²) in [6, 6.07) is 7.71. The summed E-state index contributed by atoms with van der Waals surface area (Å²) in [6.07, 6.45) is 8.11. The number of carbonyl (C=O) groups excluding carboxylic acids is 2. The zero-order valence-electron chi connectivity index (χ0n) is 15.7. The molecular formula is C21H31N3O2.